The van der Waals surface area contributed by atoms with Crippen molar-refractivity contribution in [3.8, 4) is 6.07 Å². The van der Waals surface area contributed by atoms with E-state index in [1.54, 1.807) is 6.07 Å². The number of hydrogen-bond acceptors (Lipinski definition) is 3. The summed E-state index contributed by atoms with van der Waals surface area (Å²) in [6.45, 7) is -1.17. The number of aromatic nitrogens is 1. The van der Waals surface area contributed by atoms with Crippen molar-refractivity contribution in [1.82, 2.24) is 4.98 Å². The fourth-order valence-electron chi connectivity index (χ4n) is 1.88. The molecule has 0 unspecified atom stereocenters. The third-order valence-corrected chi connectivity index (χ3v) is 2.63. The van der Waals surface area contributed by atoms with Gasteiger partial charge < -0.3 is 5.32 Å². The molecule has 1 heterocycles. The van der Waals surface area contributed by atoms with E-state index in [1.165, 1.54) is 0 Å². The fourth-order valence-corrected chi connectivity index (χ4v) is 1.88. The Kier molecular flexibility index (Phi) is 2.92. The van der Waals surface area contributed by atoms with Gasteiger partial charge in [0.1, 0.15) is 18.4 Å². The molecular weight excluding hydrogens is 231 g/mol. The zero-order valence-electron chi connectivity index (χ0n) is 8.93. The predicted molar refractivity (Wildman–Crippen MR) is 55.5 cm³/mol. The van der Waals surface area contributed by atoms with Crippen LogP contribution in [-0.2, 0) is 12.8 Å². The molecule has 0 fully saturated rings. The van der Waals surface area contributed by atoms with E-state index in [4.69, 9.17) is 5.26 Å². The Morgan fingerprint density at radius 3 is 2.82 bits per heavy atom. The van der Waals surface area contributed by atoms with Crippen LogP contribution in [0.2, 0.25) is 0 Å². The van der Waals surface area contributed by atoms with Gasteiger partial charge in [-0.2, -0.15) is 18.4 Å². The standard InChI is InChI=1S/C11H10F3N3/c12-11(13,14)6-16-10-8(5-15)4-7-2-1-3-9(7)17-10/h4H,1-3,6H2,(H,16,17). The van der Waals surface area contributed by atoms with Gasteiger partial charge in [0.25, 0.3) is 0 Å². The van der Waals surface area contributed by atoms with Crippen LogP contribution in [0.1, 0.15) is 23.2 Å². The molecule has 1 aromatic rings. The lowest BCUT2D eigenvalue weighted by atomic mass is 10.1. The Balaban J connectivity index is 2.25. The maximum atomic E-state index is 12.1. The van der Waals surface area contributed by atoms with E-state index in [1.807, 2.05) is 6.07 Å². The Morgan fingerprint density at radius 2 is 2.18 bits per heavy atom. The summed E-state index contributed by atoms with van der Waals surface area (Å²) < 4.78 is 36.2. The molecule has 0 radical (unpaired) electrons. The average molecular weight is 241 g/mol. The molecule has 0 aliphatic heterocycles. The highest BCUT2D eigenvalue weighted by Gasteiger charge is 2.27. The van der Waals surface area contributed by atoms with Crippen molar-refractivity contribution < 1.29 is 13.2 Å². The van der Waals surface area contributed by atoms with E-state index >= 15 is 0 Å². The van der Waals surface area contributed by atoms with Gasteiger partial charge >= 0.3 is 6.18 Å². The molecule has 0 atom stereocenters. The number of anilines is 1. The Hall–Kier alpha value is -1.77. The lowest BCUT2D eigenvalue weighted by Gasteiger charge is -2.11. The summed E-state index contributed by atoms with van der Waals surface area (Å²) in [5, 5.41) is 11.0. The fraction of sp³-hybridized carbons (Fsp3) is 0.455. The van der Waals surface area contributed by atoms with Gasteiger partial charge in [0, 0.05) is 5.69 Å². The minimum absolute atomic E-state index is 0.0328. The van der Waals surface area contributed by atoms with Gasteiger partial charge in [-0.25, -0.2) is 4.98 Å². The molecule has 1 aliphatic rings. The molecule has 0 spiro atoms. The maximum absolute atomic E-state index is 12.1. The van der Waals surface area contributed by atoms with E-state index in [0.717, 1.165) is 30.5 Å². The number of nitrogens with one attached hydrogen (secondary N) is 1. The molecule has 1 aliphatic carbocycles. The van der Waals surface area contributed by atoms with Gasteiger partial charge in [-0.15, -0.1) is 0 Å². The van der Waals surface area contributed by atoms with Crippen LogP contribution in [0.15, 0.2) is 6.07 Å². The van der Waals surface area contributed by atoms with Gasteiger partial charge in [-0.3, -0.25) is 0 Å². The topological polar surface area (TPSA) is 48.7 Å². The number of nitriles is 1. The van der Waals surface area contributed by atoms with E-state index in [9.17, 15) is 13.2 Å². The second kappa shape index (κ2) is 4.24. The lowest BCUT2D eigenvalue weighted by molar-refractivity contribution is -0.115. The maximum Gasteiger partial charge on any atom is 0.405 e. The van der Waals surface area contributed by atoms with Gasteiger partial charge in [0.15, 0.2) is 0 Å². The number of aryl methyl sites for hydroxylation is 2. The zero-order chi connectivity index (χ0) is 12.5. The SMILES string of the molecule is N#Cc1cc2c(nc1NCC(F)(F)F)CCC2. The number of pyridine rings is 1. The third kappa shape index (κ3) is 2.67. The zero-order valence-corrected chi connectivity index (χ0v) is 8.93. The average Bonchev–Trinajstić information content (AvgIpc) is 2.70. The van der Waals surface area contributed by atoms with Gasteiger partial charge in [0.2, 0.25) is 0 Å². The monoisotopic (exact) mass is 241 g/mol. The summed E-state index contributed by atoms with van der Waals surface area (Å²) in [5.74, 6) is 0.0328. The van der Waals surface area contributed by atoms with Crippen molar-refractivity contribution in [3.05, 3.63) is 22.9 Å². The molecule has 0 saturated heterocycles. The second-order valence-corrected chi connectivity index (χ2v) is 3.92. The number of rotatable bonds is 2. The van der Waals surface area contributed by atoms with Crippen molar-refractivity contribution >= 4 is 5.82 Å². The molecule has 1 N–H and O–H groups in total. The minimum Gasteiger partial charge on any atom is -0.360 e. The highest BCUT2D eigenvalue weighted by molar-refractivity contribution is 5.55. The van der Waals surface area contributed by atoms with Gasteiger partial charge in [-0.1, -0.05) is 0 Å². The smallest absolute Gasteiger partial charge is 0.360 e. The minimum atomic E-state index is -4.31. The molecule has 3 nitrogen and oxygen atoms in total. The number of hydrogen-bond donors (Lipinski definition) is 1. The molecule has 0 bridgehead atoms. The first-order chi connectivity index (χ1) is 7.99. The van der Waals surface area contributed by atoms with Gasteiger partial charge in [0.05, 0.1) is 5.56 Å². The highest BCUT2D eigenvalue weighted by atomic mass is 19.4. The highest BCUT2D eigenvalue weighted by Crippen LogP contribution is 2.25. The summed E-state index contributed by atoms with van der Waals surface area (Å²) in [7, 11) is 0. The summed E-state index contributed by atoms with van der Waals surface area (Å²) in [6, 6.07) is 3.50. The van der Waals surface area contributed by atoms with E-state index in [0.29, 0.717) is 0 Å². The van der Waals surface area contributed by atoms with Crippen molar-refractivity contribution in [2.24, 2.45) is 0 Å². The van der Waals surface area contributed by atoms with Crippen molar-refractivity contribution in [2.75, 3.05) is 11.9 Å². The van der Waals surface area contributed by atoms with Crippen LogP contribution in [0.25, 0.3) is 0 Å². The number of alkyl halides is 3. The van der Waals surface area contributed by atoms with Crippen LogP contribution in [0, 0.1) is 11.3 Å². The quantitative estimate of drug-likeness (QED) is 0.865. The number of halogens is 3. The molecule has 0 saturated carbocycles. The summed E-state index contributed by atoms with van der Waals surface area (Å²) in [5.41, 5.74) is 1.95. The first-order valence-electron chi connectivity index (χ1n) is 5.23. The van der Waals surface area contributed by atoms with E-state index < -0.39 is 12.7 Å². The molecule has 90 valence electrons. The van der Waals surface area contributed by atoms with Crippen molar-refractivity contribution in [1.29, 1.82) is 5.26 Å². The lowest BCUT2D eigenvalue weighted by Crippen LogP contribution is -2.22. The second-order valence-electron chi connectivity index (χ2n) is 3.92. The van der Waals surface area contributed by atoms with Crippen LogP contribution in [0.5, 0.6) is 0 Å². The first-order valence-corrected chi connectivity index (χ1v) is 5.23. The number of nitrogens with zero attached hydrogens (tertiary/aromatic N) is 2. The number of fused-ring (bicyclic) bond motifs is 1. The largest absolute Gasteiger partial charge is 0.405 e. The summed E-state index contributed by atoms with van der Waals surface area (Å²) >= 11 is 0. The van der Waals surface area contributed by atoms with Gasteiger partial charge in [-0.05, 0) is 30.9 Å². The predicted octanol–water partition coefficient (Wildman–Crippen LogP) is 2.42. The molecule has 17 heavy (non-hydrogen) atoms. The Labute approximate surface area is 96.3 Å². The van der Waals surface area contributed by atoms with Crippen molar-refractivity contribution in [3.63, 3.8) is 0 Å². The first kappa shape index (κ1) is 11.7. The van der Waals surface area contributed by atoms with Crippen LogP contribution in [-0.4, -0.2) is 17.7 Å². The van der Waals surface area contributed by atoms with Crippen molar-refractivity contribution in [2.45, 2.75) is 25.4 Å². The molecular formula is C11H10F3N3. The van der Waals surface area contributed by atoms with E-state index in [-0.39, 0.29) is 11.4 Å². The summed E-state index contributed by atoms with van der Waals surface area (Å²) in [6.07, 6.45) is -1.76. The molecule has 1 aromatic heterocycles. The molecule has 6 heteroatoms. The van der Waals surface area contributed by atoms with Crippen LogP contribution >= 0.6 is 0 Å². The Morgan fingerprint density at radius 1 is 1.41 bits per heavy atom. The summed E-state index contributed by atoms with van der Waals surface area (Å²) in [4.78, 5) is 4.09. The molecule has 0 amide bonds. The van der Waals surface area contributed by atoms with Crippen LogP contribution in [0.3, 0.4) is 0 Å². The van der Waals surface area contributed by atoms with Crippen LogP contribution < -0.4 is 5.32 Å². The van der Waals surface area contributed by atoms with E-state index in [2.05, 4.69) is 10.3 Å². The van der Waals surface area contributed by atoms with Crippen LogP contribution in [0.4, 0.5) is 19.0 Å². The molecule has 2 rings (SSSR count). The normalized spacial score (nSPS) is 14.2. The molecule has 0 aromatic carbocycles. The Bertz CT molecular complexity index is 474. The third-order valence-electron chi connectivity index (χ3n) is 2.63.